The van der Waals surface area contributed by atoms with E-state index in [9.17, 15) is 13.2 Å². The number of benzene rings is 3. The van der Waals surface area contributed by atoms with Gasteiger partial charge >= 0.3 is 6.18 Å². The molecule has 0 amide bonds. The molecule has 0 atom stereocenters. The summed E-state index contributed by atoms with van der Waals surface area (Å²) in [7, 11) is 0. The lowest BCUT2D eigenvalue weighted by molar-refractivity contribution is -0.137. The number of ether oxygens (including phenoxy) is 2. The number of nitrogens with zero attached hydrogens (tertiary/aromatic N) is 2. The van der Waals surface area contributed by atoms with Crippen LogP contribution in [0.3, 0.4) is 0 Å². The van der Waals surface area contributed by atoms with Crippen LogP contribution in [0.5, 0.6) is 11.5 Å². The van der Waals surface area contributed by atoms with Crippen molar-refractivity contribution in [2.45, 2.75) is 148 Å². The second-order valence-electron chi connectivity index (χ2n) is 14.7. The zero-order chi connectivity index (χ0) is 38.3. The van der Waals surface area contributed by atoms with Crippen molar-refractivity contribution >= 4 is 0 Å². The Labute approximate surface area is 323 Å². The number of aromatic nitrogens is 2. The van der Waals surface area contributed by atoms with E-state index >= 15 is 0 Å². The van der Waals surface area contributed by atoms with Crippen LogP contribution in [0, 0.1) is 0 Å². The normalized spacial score (nSPS) is 11.6. The number of hydrogen-bond acceptors (Lipinski definition) is 4. The van der Waals surface area contributed by atoms with Gasteiger partial charge in [-0.3, -0.25) is 0 Å². The summed E-state index contributed by atoms with van der Waals surface area (Å²) >= 11 is 0. The van der Waals surface area contributed by atoms with Crippen LogP contribution in [0.2, 0.25) is 0 Å². The Bertz CT molecular complexity index is 1570. The van der Waals surface area contributed by atoms with Crippen molar-refractivity contribution in [2.75, 3.05) is 13.2 Å². The van der Waals surface area contributed by atoms with Gasteiger partial charge in [-0.1, -0.05) is 166 Å². The lowest BCUT2D eigenvalue weighted by Gasteiger charge is -2.14. The fraction of sp³-hybridized carbons (Fsp3) is 0.532. The van der Waals surface area contributed by atoms with Crippen LogP contribution in [-0.2, 0) is 6.18 Å². The van der Waals surface area contributed by atoms with Crippen molar-refractivity contribution in [2.24, 2.45) is 0 Å². The Kier molecular flexibility index (Phi) is 19.5. The number of rotatable bonds is 27. The molecular formula is C47H63F3N2O2. The quantitative estimate of drug-likeness (QED) is 0.0570. The van der Waals surface area contributed by atoms with E-state index in [0.29, 0.717) is 30.1 Å². The van der Waals surface area contributed by atoms with E-state index in [1.54, 1.807) is 36.4 Å². The van der Waals surface area contributed by atoms with Crippen molar-refractivity contribution in [3.63, 3.8) is 0 Å². The smallest absolute Gasteiger partial charge is 0.418 e. The third-order valence-electron chi connectivity index (χ3n) is 10.1. The highest BCUT2D eigenvalue weighted by Crippen LogP contribution is 2.38. The molecule has 0 unspecified atom stereocenters. The second-order valence-corrected chi connectivity index (χ2v) is 14.7. The van der Waals surface area contributed by atoms with E-state index in [1.807, 2.05) is 36.4 Å². The van der Waals surface area contributed by atoms with E-state index < -0.39 is 11.7 Å². The summed E-state index contributed by atoms with van der Waals surface area (Å²) in [5.41, 5.74) is 2.03. The Morgan fingerprint density at radius 1 is 0.426 bits per heavy atom. The van der Waals surface area contributed by atoms with Crippen molar-refractivity contribution in [3.05, 3.63) is 84.4 Å². The molecule has 54 heavy (non-hydrogen) atoms. The Hall–Kier alpha value is -3.87. The van der Waals surface area contributed by atoms with Gasteiger partial charge in [0.25, 0.3) is 0 Å². The van der Waals surface area contributed by atoms with E-state index in [0.717, 1.165) is 42.2 Å². The van der Waals surface area contributed by atoms with Gasteiger partial charge in [-0.25, -0.2) is 0 Å². The summed E-state index contributed by atoms with van der Waals surface area (Å²) in [5, 5.41) is 8.30. The Morgan fingerprint density at radius 3 is 1.19 bits per heavy atom. The third kappa shape index (κ3) is 15.5. The van der Waals surface area contributed by atoms with Crippen LogP contribution in [0.15, 0.2) is 78.9 Å². The maximum Gasteiger partial charge on any atom is 0.418 e. The molecule has 1 heterocycles. The minimum absolute atomic E-state index is 0.171. The van der Waals surface area contributed by atoms with Gasteiger partial charge in [-0.05, 0) is 66.4 Å². The first-order valence-electron chi connectivity index (χ1n) is 20.9. The predicted molar refractivity (Wildman–Crippen MR) is 218 cm³/mol. The topological polar surface area (TPSA) is 44.2 Å². The molecule has 0 saturated heterocycles. The molecule has 0 aliphatic rings. The first kappa shape index (κ1) is 42.9. The summed E-state index contributed by atoms with van der Waals surface area (Å²) in [5.74, 6) is 1.48. The van der Waals surface area contributed by atoms with Gasteiger partial charge in [0.05, 0.1) is 24.5 Å². The van der Waals surface area contributed by atoms with Crippen molar-refractivity contribution in [3.8, 4) is 45.1 Å². The molecule has 4 aromatic rings. The van der Waals surface area contributed by atoms with E-state index in [4.69, 9.17) is 9.47 Å². The molecule has 7 heteroatoms. The monoisotopic (exact) mass is 744 g/mol. The van der Waals surface area contributed by atoms with Gasteiger partial charge < -0.3 is 9.47 Å². The Morgan fingerprint density at radius 2 is 0.778 bits per heavy atom. The molecule has 0 aliphatic heterocycles. The molecule has 0 bridgehead atoms. The van der Waals surface area contributed by atoms with Crippen LogP contribution < -0.4 is 9.47 Å². The molecular weight excluding hydrogens is 682 g/mol. The molecule has 4 rings (SSSR count). The number of halogens is 3. The fourth-order valence-corrected chi connectivity index (χ4v) is 6.81. The zero-order valence-corrected chi connectivity index (χ0v) is 32.9. The van der Waals surface area contributed by atoms with Crippen molar-refractivity contribution in [1.29, 1.82) is 0 Å². The summed E-state index contributed by atoms with van der Waals surface area (Å²) in [6.45, 7) is 5.80. The zero-order valence-electron chi connectivity index (χ0n) is 32.9. The van der Waals surface area contributed by atoms with Crippen LogP contribution in [0.4, 0.5) is 13.2 Å². The highest BCUT2D eigenvalue weighted by atomic mass is 19.4. The molecule has 0 aliphatic carbocycles. The molecule has 0 saturated carbocycles. The minimum atomic E-state index is -4.60. The third-order valence-corrected chi connectivity index (χ3v) is 10.1. The fourth-order valence-electron chi connectivity index (χ4n) is 6.81. The maximum absolute atomic E-state index is 14.3. The average molecular weight is 745 g/mol. The molecule has 3 aromatic carbocycles. The minimum Gasteiger partial charge on any atom is -0.494 e. The Balaban J connectivity index is 1.23. The van der Waals surface area contributed by atoms with Gasteiger partial charge in [0.2, 0.25) is 0 Å². The van der Waals surface area contributed by atoms with E-state index in [1.165, 1.54) is 109 Å². The average Bonchev–Trinajstić information content (AvgIpc) is 3.19. The van der Waals surface area contributed by atoms with Crippen molar-refractivity contribution in [1.82, 2.24) is 10.2 Å². The van der Waals surface area contributed by atoms with Crippen LogP contribution in [0.1, 0.15) is 148 Å². The number of hydrogen-bond donors (Lipinski definition) is 0. The van der Waals surface area contributed by atoms with E-state index in [-0.39, 0.29) is 11.4 Å². The molecule has 0 N–H and O–H groups in total. The number of alkyl halides is 3. The second kappa shape index (κ2) is 24.5. The van der Waals surface area contributed by atoms with Crippen LogP contribution in [0.25, 0.3) is 33.6 Å². The van der Waals surface area contributed by atoms with Gasteiger partial charge in [-0.2, -0.15) is 13.2 Å². The summed E-state index contributed by atoms with van der Waals surface area (Å²) in [6, 6.07) is 23.1. The summed E-state index contributed by atoms with van der Waals surface area (Å²) in [6.07, 6.45) is 20.8. The molecule has 294 valence electrons. The molecule has 0 fully saturated rings. The van der Waals surface area contributed by atoms with Gasteiger partial charge in [0.1, 0.15) is 17.2 Å². The highest BCUT2D eigenvalue weighted by molar-refractivity contribution is 5.71. The molecule has 4 nitrogen and oxygen atoms in total. The van der Waals surface area contributed by atoms with Gasteiger partial charge in [0.15, 0.2) is 0 Å². The van der Waals surface area contributed by atoms with Gasteiger partial charge in [0, 0.05) is 11.1 Å². The maximum atomic E-state index is 14.3. The van der Waals surface area contributed by atoms with E-state index in [2.05, 4.69) is 24.0 Å². The SMILES string of the molecule is CCCCCCCCCCCCOc1ccc(-c2ccc(-c3cc(C(F)(F)F)c(-c4ccc(OCCCCCCCCCCCC)cc4)nn3)cc2)cc1. The van der Waals surface area contributed by atoms with Crippen LogP contribution >= 0.6 is 0 Å². The molecule has 1 aromatic heterocycles. The van der Waals surface area contributed by atoms with Crippen molar-refractivity contribution < 1.29 is 22.6 Å². The highest BCUT2D eigenvalue weighted by Gasteiger charge is 2.35. The van der Waals surface area contributed by atoms with Crippen LogP contribution in [-0.4, -0.2) is 23.4 Å². The largest absolute Gasteiger partial charge is 0.494 e. The lowest BCUT2D eigenvalue weighted by Crippen LogP contribution is -2.10. The first-order chi connectivity index (χ1) is 26.4. The first-order valence-corrected chi connectivity index (χ1v) is 20.9. The predicted octanol–water partition coefficient (Wildman–Crippen LogP) is 15.1. The standard InChI is InChI=1S/C47H63F3N2O2/c1-3-5-7-9-11-13-15-17-19-21-35-53-42-31-27-39(28-32-42)38-23-25-40(26-24-38)45-37-44(47(48,49)50)46(52-51-45)41-29-33-43(34-30-41)54-36-22-20-18-16-14-12-10-8-6-4-2/h23-34,37H,3-22,35-36H2,1-2H3. The molecule has 0 radical (unpaired) electrons. The number of unbranched alkanes of at least 4 members (excludes halogenated alkanes) is 18. The van der Waals surface area contributed by atoms with Gasteiger partial charge in [-0.15, -0.1) is 10.2 Å². The summed E-state index contributed by atoms with van der Waals surface area (Å²) in [4.78, 5) is 0. The molecule has 0 spiro atoms. The summed E-state index contributed by atoms with van der Waals surface area (Å²) < 4.78 is 54.8. The lowest BCUT2D eigenvalue weighted by atomic mass is 10.0.